The third-order valence-corrected chi connectivity index (χ3v) is 6.71. The SMILES string of the molecule is COc1ccc(C)cc1/C(=N\O)c1cc(C)ccc1Cl.COc1ccc(C)cc1C(=O)c1cc(C)ccc1Cl. The summed E-state index contributed by atoms with van der Waals surface area (Å²) in [6.07, 6.45) is 0. The third kappa shape index (κ3) is 7.20. The number of rotatable bonds is 6. The molecule has 0 aliphatic rings. The monoisotopic (exact) mass is 563 g/mol. The molecule has 0 radical (unpaired) electrons. The lowest BCUT2D eigenvalue weighted by molar-refractivity contribution is 0.103. The number of carbonyl (C=O) groups is 1. The molecule has 7 heteroatoms. The number of hydrogen-bond donors (Lipinski definition) is 1. The van der Waals surface area contributed by atoms with Crippen molar-refractivity contribution < 1.29 is 19.5 Å². The second-order valence-corrected chi connectivity index (χ2v) is 9.97. The minimum absolute atomic E-state index is 0.116. The molecular formula is C32H31Cl2NO4. The first-order chi connectivity index (χ1) is 18.6. The smallest absolute Gasteiger partial charge is 0.198 e. The maximum Gasteiger partial charge on any atom is 0.198 e. The Labute approximate surface area is 239 Å². The minimum atomic E-state index is -0.116. The maximum absolute atomic E-state index is 12.6. The molecule has 4 rings (SSSR count). The van der Waals surface area contributed by atoms with Gasteiger partial charge in [-0.05, 0) is 76.2 Å². The Hall–Kier alpha value is -3.80. The molecule has 0 bridgehead atoms. The highest BCUT2D eigenvalue weighted by Gasteiger charge is 2.18. The van der Waals surface area contributed by atoms with Gasteiger partial charge in [0, 0.05) is 16.7 Å². The van der Waals surface area contributed by atoms with Gasteiger partial charge in [-0.15, -0.1) is 0 Å². The number of methoxy groups -OCH3 is 2. The number of aryl methyl sites for hydroxylation is 4. The van der Waals surface area contributed by atoms with Crippen LogP contribution in [0.15, 0.2) is 78.0 Å². The molecule has 0 saturated carbocycles. The molecule has 0 atom stereocenters. The summed E-state index contributed by atoms with van der Waals surface area (Å²) in [7, 11) is 3.14. The van der Waals surface area contributed by atoms with E-state index in [0.29, 0.717) is 49.5 Å². The number of carbonyl (C=O) groups excluding carboxylic acids is 1. The average Bonchev–Trinajstić information content (AvgIpc) is 2.92. The summed E-state index contributed by atoms with van der Waals surface area (Å²) >= 11 is 12.3. The predicted octanol–water partition coefficient (Wildman–Crippen LogP) is 8.39. The molecule has 0 aromatic heterocycles. The number of ether oxygens (including phenoxy) is 2. The van der Waals surface area contributed by atoms with Crippen LogP contribution in [0.3, 0.4) is 0 Å². The van der Waals surface area contributed by atoms with Crippen LogP contribution >= 0.6 is 23.2 Å². The van der Waals surface area contributed by atoms with Gasteiger partial charge in [-0.1, -0.05) is 74.9 Å². The Morgan fingerprint density at radius 2 is 1.00 bits per heavy atom. The lowest BCUT2D eigenvalue weighted by atomic mass is 9.98. The van der Waals surface area contributed by atoms with Gasteiger partial charge in [-0.3, -0.25) is 4.79 Å². The van der Waals surface area contributed by atoms with Gasteiger partial charge in [0.15, 0.2) is 5.78 Å². The largest absolute Gasteiger partial charge is 0.496 e. The highest BCUT2D eigenvalue weighted by atomic mass is 35.5. The van der Waals surface area contributed by atoms with Crippen LogP contribution in [0.4, 0.5) is 0 Å². The molecule has 1 N–H and O–H groups in total. The number of halogens is 2. The standard InChI is InChI=1S/C16H16ClNO2.C16H15ClO2/c1-10-4-6-14(17)12(8-10)16(18-19)13-9-11(2)5-7-15(13)20-3;1-10-4-6-14(17)12(8-10)16(18)13-9-11(2)5-7-15(13)19-3/h4-9,19H,1-3H3;4-9H,1-3H3/b18-16-;. The van der Waals surface area contributed by atoms with Crippen LogP contribution in [0, 0.1) is 27.7 Å². The Morgan fingerprint density at radius 1 is 0.615 bits per heavy atom. The number of oxime groups is 1. The van der Waals surface area contributed by atoms with E-state index >= 15 is 0 Å². The van der Waals surface area contributed by atoms with E-state index in [1.165, 1.54) is 0 Å². The van der Waals surface area contributed by atoms with Crippen LogP contribution in [0.2, 0.25) is 10.0 Å². The summed E-state index contributed by atoms with van der Waals surface area (Å²) in [5.41, 5.74) is 6.93. The maximum atomic E-state index is 12.6. The van der Waals surface area contributed by atoms with Gasteiger partial charge in [0.05, 0.1) is 29.8 Å². The van der Waals surface area contributed by atoms with Crippen LogP contribution in [0.25, 0.3) is 0 Å². The zero-order valence-corrected chi connectivity index (χ0v) is 24.3. The van der Waals surface area contributed by atoms with Crippen molar-refractivity contribution in [3.63, 3.8) is 0 Å². The fourth-order valence-electron chi connectivity index (χ4n) is 4.04. The van der Waals surface area contributed by atoms with E-state index in [-0.39, 0.29) is 5.78 Å². The van der Waals surface area contributed by atoms with Crippen molar-refractivity contribution in [2.45, 2.75) is 27.7 Å². The molecule has 39 heavy (non-hydrogen) atoms. The number of ketones is 1. The first-order valence-corrected chi connectivity index (χ1v) is 12.9. The summed E-state index contributed by atoms with van der Waals surface area (Å²) in [4.78, 5) is 12.6. The van der Waals surface area contributed by atoms with Crippen molar-refractivity contribution in [2.24, 2.45) is 5.16 Å². The first-order valence-electron chi connectivity index (χ1n) is 12.2. The Morgan fingerprint density at radius 3 is 1.49 bits per heavy atom. The van der Waals surface area contributed by atoms with Gasteiger partial charge in [0.2, 0.25) is 0 Å². The van der Waals surface area contributed by atoms with Gasteiger partial charge < -0.3 is 14.7 Å². The first kappa shape index (κ1) is 29.8. The van der Waals surface area contributed by atoms with Crippen molar-refractivity contribution >= 4 is 34.7 Å². The molecule has 0 unspecified atom stereocenters. The van der Waals surface area contributed by atoms with Gasteiger partial charge in [-0.25, -0.2) is 0 Å². The molecule has 202 valence electrons. The normalized spacial score (nSPS) is 10.9. The molecule has 0 spiro atoms. The molecule has 0 aliphatic carbocycles. The molecule has 0 fully saturated rings. The highest BCUT2D eigenvalue weighted by molar-refractivity contribution is 6.36. The quantitative estimate of drug-likeness (QED) is 0.111. The Balaban J connectivity index is 0.000000216. The second-order valence-electron chi connectivity index (χ2n) is 9.15. The van der Waals surface area contributed by atoms with Crippen LogP contribution in [0.5, 0.6) is 11.5 Å². The summed E-state index contributed by atoms with van der Waals surface area (Å²) in [5, 5.41) is 13.9. The molecular weight excluding hydrogens is 533 g/mol. The number of benzene rings is 4. The van der Waals surface area contributed by atoms with Crippen molar-refractivity contribution in [1.82, 2.24) is 0 Å². The van der Waals surface area contributed by atoms with E-state index < -0.39 is 0 Å². The summed E-state index contributed by atoms with van der Waals surface area (Å²) < 4.78 is 10.6. The van der Waals surface area contributed by atoms with E-state index in [1.807, 2.05) is 76.2 Å². The predicted molar refractivity (Wildman–Crippen MR) is 159 cm³/mol. The zero-order valence-electron chi connectivity index (χ0n) is 22.8. The fourth-order valence-corrected chi connectivity index (χ4v) is 4.45. The molecule has 0 aliphatic heterocycles. The molecule has 0 heterocycles. The molecule has 4 aromatic carbocycles. The molecule has 0 saturated heterocycles. The number of hydrogen-bond acceptors (Lipinski definition) is 5. The third-order valence-electron chi connectivity index (χ3n) is 6.05. The molecule has 0 amide bonds. The van der Waals surface area contributed by atoms with E-state index in [0.717, 1.165) is 22.3 Å². The lowest BCUT2D eigenvalue weighted by Gasteiger charge is -2.12. The van der Waals surface area contributed by atoms with Gasteiger partial charge in [-0.2, -0.15) is 0 Å². The van der Waals surface area contributed by atoms with Gasteiger partial charge in [0.25, 0.3) is 0 Å². The lowest BCUT2D eigenvalue weighted by Crippen LogP contribution is -2.07. The summed E-state index contributed by atoms with van der Waals surface area (Å²) in [5.74, 6) is 1.09. The van der Waals surface area contributed by atoms with Crippen molar-refractivity contribution in [3.05, 3.63) is 127 Å². The highest BCUT2D eigenvalue weighted by Crippen LogP contribution is 2.28. The van der Waals surface area contributed by atoms with Gasteiger partial charge >= 0.3 is 0 Å². The molecule has 5 nitrogen and oxygen atoms in total. The van der Waals surface area contributed by atoms with Crippen LogP contribution in [0.1, 0.15) is 49.3 Å². The van der Waals surface area contributed by atoms with Crippen LogP contribution < -0.4 is 9.47 Å². The van der Waals surface area contributed by atoms with Crippen molar-refractivity contribution in [3.8, 4) is 11.5 Å². The number of nitrogens with zero attached hydrogens (tertiary/aromatic N) is 1. The van der Waals surface area contributed by atoms with E-state index in [1.54, 1.807) is 38.5 Å². The van der Waals surface area contributed by atoms with Gasteiger partial charge in [0.1, 0.15) is 17.2 Å². The van der Waals surface area contributed by atoms with E-state index in [4.69, 9.17) is 32.7 Å². The van der Waals surface area contributed by atoms with Crippen molar-refractivity contribution in [2.75, 3.05) is 14.2 Å². The topological polar surface area (TPSA) is 68.1 Å². The summed E-state index contributed by atoms with van der Waals surface area (Å²) in [6, 6.07) is 22.2. The van der Waals surface area contributed by atoms with Crippen molar-refractivity contribution in [1.29, 1.82) is 0 Å². The fraction of sp³-hybridized carbons (Fsp3) is 0.188. The Kier molecular flexibility index (Phi) is 10.2. The minimum Gasteiger partial charge on any atom is -0.496 e. The summed E-state index contributed by atoms with van der Waals surface area (Å²) in [6.45, 7) is 7.80. The van der Waals surface area contributed by atoms with E-state index in [2.05, 4.69) is 5.16 Å². The average molecular weight is 565 g/mol. The van der Waals surface area contributed by atoms with E-state index in [9.17, 15) is 10.0 Å². The Bertz CT molecular complexity index is 1530. The molecule has 4 aromatic rings. The second kappa shape index (κ2) is 13.3. The van der Waals surface area contributed by atoms with Crippen LogP contribution in [-0.2, 0) is 0 Å². The zero-order chi connectivity index (χ0) is 28.7. The van der Waals surface area contributed by atoms with Crippen LogP contribution in [-0.4, -0.2) is 30.9 Å².